The van der Waals surface area contributed by atoms with Gasteiger partial charge >= 0.3 is 0 Å². The van der Waals surface area contributed by atoms with E-state index in [1.54, 1.807) is 0 Å². The molecule has 0 saturated carbocycles. The molecule has 0 amide bonds. The summed E-state index contributed by atoms with van der Waals surface area (Å²) in [5, 5.41) is 0. The van der Waals surface area contributed by atoms with Gasteiger partial charge in [-0.2, -0.15) is 0 Å². The molecule has 0 saturated heterocycles. The molecule has 2 aromatic heterocycles. The standard InChI is InChI=1S/C16H15N2O.ClHO4/c1-12-15(13-6-4-3-5-7-13)19-16(17-12)14-8-10-18(2)11-9-14;2-1(3,4)5/h3-11H,1-2H3;(H,2,3,4,5)/q+1;/p-1. The van der Waals surface area contributed by atoms with Gasteiger partial charge in [0.2, 0.25) is 5.89 Å². The lowest BCUT2D eigenvalue weighted by molar-refractivity contribution is -2.00. The number of aromatic nitrogens is 2. The normalized spacial score (nSPS) is 10.9. The molecule has 0 bridgehead atoms. The predicted octanol–water partition coefficient (Wildman–Crippen LogP) is -1.61. The highest BCUT2D eigenvalue weighted by Crippen LogP contribution is 2.28. The monoisotopic (exact) mass is 350 g/mol. The lowest BCUT2D eigenvalue weighted by atomic mass is 10.1. The topological polar surface area (TPSA) is 122 Å². The zero-order valence-electron chi connectivity index (χ0n) is 13.0. The maximum Gasteiger partial charge on any atom is 0.227 e. The minimum Gasteiger partial charge on any atom is -0.436 e. The molecule has 0 aliphatic rings. The number of oxazole rings is 1. The summed E-state index contributed by atoms with van der Waals surface area (Å²) in [6.07, 6.45) is 3.97. The van der Waals surface area contributed by atoms with Crippen LogP contribution >= 0.6 is 0 Å². The summed E-state index contributed by atoms with van der Waals surface area (Å²) in [4.78, 5) is 4.51. The number of hydrogen-bond acceptors (Lipinski definition) is 6. The molecule has 0 radical (unpaired) electrons. The molecule has 0 spiro atoms. The molecule has 126 valence electrons. The van der Waals surface area contributed by atoms with Crippen molar-refractivity contribution in [3.05, 3.63) is 60.6 Å². The Balaban J connectivity index is 0.000000368. The third kappa shape index (κ3) is 5.41. The minimum atomic E-state index is -4.94. The first-order chi connectivity index (χ1) is 11.2. The van der Waals surface area contributed by atoms with Gasteiger partial charge < -0.3 is 4.42 Å². The van der Waals surface area contributed by atoms with Gasteiger partial charge in [0, 0.05) is 23.3 Å². The highest BCUT2D eigenvalue weighted by molar-refractivity contribution is 5.63. The van der Waals surface area contributed by atoms with E-state index >= 15 is 0 Å². The second-order valence-corrected chi connectivity index (χ2v) is 5.69. The van der Waals surface area contributed by atoms with Crippen LogP contribution in [0.3, 0.4) is 0 Å². The van der Waals surface area contributed by atoms with Crippen LogP contribution < -0.4 is 23.2 Å². The molecular weight excluding hydrogens is 336 g/mol. The molecule has 2 heterocycles. The highest BCUT2D eigenvalue weighted by atomic mass is 35.7. The van der Waals surface area contributed by atoms with Crippen LogP contribution in [0.25, 0.3) is 22.8 Å². The van der Waals surface area contributed by atoms with Crippen LogP contribution in [0.1, 0.15) is 5.69 Å². The Morgan fingerprint density at radius 2 is 1.46 bits per heavy atom. The molecule has 0 aliphatic carbocycles. The fourth-order valence-electron chi connectivity index (χ4n) is 2.02. The second-order valence-electron chi connectivity index (χ2n) is 4.93. The van der Waals surface area contributed by atoms with Crippen LogP contribution in [0, 0.1) is 17.2 Å². The van der Waals surface area contributed by atoms with Gasteiger partial charge in [-0.25, -0.2) is 28.2 Å². The summed E-state index contributed by atoms with van der Waals surface area (Å²) in [5.74, 6) is 1.50. The van der Waals surface area contributed by atoms with Crippen molar-refractivity contribution in [3.8, 4) is 22.8 Å². The Labute approximate surface area is 140 Å². The van der Waals surface area contributed by atoms with Crippen molar-refractivity contribution in [2.45, 2.75) is 6.92 Å². The average molecular weight is 351 g/mol. The third-order valence-electron chi connectivity index (χ3n) is 3.06. The van der Waals surface area contributed by atoms with Crippen LogP contribution in [0.5, 0.6) is 0 Å². The molecule has 0 aliphatic heterocycles. The number of benzene rings is 1. The molecule has 3 aromatic rings. The zero-order valence-corrected chi connectivity index (χ0v) is 13.8. The van der Waals surface area contributed by atoms with Gasteiger partial charge in [-0.1, -0.05) is 30.3 Å². The van der Waals surface area contributed by atoms with Crippen molar-refractivity contribution in [1.82, 2.24) is 4.98 Å². The van der Waals surface area contributed by atoms with Gasteiger partial charge in [0.1, 0.15) is 7.05 Å². The van der Waals surface area contributed by atoms with Crippen molar-refractivity contribution in [2.24, 2.45) is 7.05 Å². The Hall–Kier alpha value is -2.29. The highest BCUT2D eigenvalue weighted by Gasteiger charge is 2.13. The molecule has 0 N–H and O–H groups in total. The summed E-state index contributed by atoms with van der Waals surface area (Å²) in [5.41, 5.74) is 2.96. The van der Waals surface area contributed by atoms with Crippen LogP contribution in [0.2, 0.25) is 0 Å². The maximum atomic E-state index is 8.49. The van der Waals surface area contributed by atoms with E-state index in [9.17, 15) is 0 Å². The Morgan fingerprint density at radius 3 is 2.00 bits per heavy atom. The van der Waals surface area contributed by atoms with Crippen molar-refractivity contribution in [3.63, 3.8) is 0 Å². The van der Waals surface area contributed by atoms with E-state index in [0.717, 1.165) is 22.6 Å². The first kappa shape index (κ1) is 18.1. The number of aryl methyl sites for hydroxylation is 2. The van der Waals surface area contributed by atoms with E-state index in [-0.39, 0.29) is 0 Å². The SMILES string of the molecule is Cc1nc(-c2cc[n+](C)cc2)oc1-c1ccccc1.[O-][Cl+3]([O-])([O-])[O-]. The van der Waals surface area contributed by atoms with Crippen LogP contribution in [-0.4, -0.2) is 4.98 Å². The van der Waals surface area contributed by atoms with Gasteiger partial charge in [-0.15, -0.1) is 10.2 Å². The molecule has 1 aromatic carbocycles. The van der Waals surface area contributed by atoms with E-state index in [4.69, 9.17) is 23.1 Å². The van der Waals surface area contributed by atoms with Crippen molar-refractivity contribution >= 4 is 0 Å². The smallest absolute Gasteiger partial charge is 0.227 e. The van der Waals surface area contributed by atoms with Crippen molar-refractivity contribution in [2.75, 3.05) is 0 Å². The minimum absolute atomic E-state index is 0.664. The van der Waals surface area contributed by atoms with E-state index in [1.165, 1.54) is 0 Å². The summed E-state index contributed by atoms with van der Waals surface area (Å²) in [6.45, 7) is 1.97. The number of nitrogens with zero attached hydrogens (tertiary/aromatic N) is 2. The number of hydrogen-bond donors (Lipinski definition) is 0. The number of pyridine rings is 1. The zero-order chi connectivity index (χ0) is 17.7. The molecule has 3 rings (SSSR count). The molecule has 7 nitrogen and oxygen atoms in total. The van der Waals surface area contributed by atoms with Gasteiger partial charge in [0.15, 0.2) is 18.2 Å². The maximum absolute atomic E-state index is 8.49. The average Bonchev–Trinajstić information content (AvgIpc) is 2.89. The Kier molecular flexibility index (Phi) is 5.66. The first-order valence-corrected chi connectivity index (χ1v) is 8.08. The lowest BCUT2D eigenvalue weighted by Crippen LogP contribution is -2.68. The molecule has 0 fully saturated rings. The molecule has 24 heavy (non-hydrogen) atoms. The van der Waals surface area contributed by atoms with Crippen LogP contribution in [0.4, 0.5) is 0 Å². The molecular formula is C16H15ClN2O5. The first-order valence-electron chi connectivity index (χ1n) is 6.84. The van der Waals surface area contributed by atoms with E-state index < -0.39 is 10.2 Å². The summed E-state index contributed by atoms with van der Waals surface area (Å²) >= 11 is 0. The Morgan fingerprint density at radius 1 is 0.917 bits per heavy atom. The molecule has 0 unspecified atom stereocenters. The van der Waals surface area contributed by atoms with Crippen LogP contribution in [-0.2, 0) is 7.05 Å². The van der Waals surface area contributed by atoms with Gasteiger partial charge in [0.05, 0.1) is 5.69 Å². The number of rotatable bonds is 2. The fraction of sp³-hybridized carbons (Fsp3) is 0.125. The summed E-state index contributed by atoms with van der Waals surface area (Å²) < 4.78 is 41.9. The van der Waals surface area contributed by atoms with Gasteiger partial charge in [0.25, 0.3) is 0 Å². The number of halogens is 1. The predicted molar refractivity (Wildman–Crippen MR) is 73.3 cm³/mol. The second kappa shape index (κ2) is 7.52. The third-order valence-corrected chi connectivity index (χ3v) is 3.06. The summed E-state index contributed by atoms with van der Waals surface area (Å²) in [6, 6.07) is 14.1. The van der Waals surface area contributed by atoms with E-state index in [0.29, 0.717) is 5.89 Å². The summed E-state index contributed by atoms with van der Waals surface area (Å²) in [7, 11) is -2.96. The van der Waals surface area contributed by atoms with E-state index in [1.807, 2.05) is 73.4 Å². The largest absolute Gasteiger partial charge is 0.436 e. The Bertz CT molecular complexity index is 776. The fourth-order valence-corrected chi connectivity index (χ4v) is 2.02. The van der Waals surface area contributed by atoms with Crippen molar-refractivity contribution < 1.29 is 37.9 Å². The van der Waals surface area contributed by atoms with Crippen LogP contribution in [0.15, 0.2) is 59.3 Å². The van der Waals surface area contributed by atoms with Gasteiger partial charge in [-0.05, 0) is 6.92 Å². The van der Waals surface area contributed by atoms with Gasteiger partial charge in [-0.3, -0.25) is 0 Å². The van der Waals surface area contributed by atoms with E-state index in [2.05, 4.69) is 4.98 Å². The molecule has 8 heteroatoms. The lowest BCUT2D eigenvalue weighted by Gasteiger charge is -2.17. The van der Waals surface area contributed by atoms with Crippen molar-refractivity contribution in [1.29, 1.82) is 0 Å². The molecule has 0 atom stereocenters. The quantitative estimate of drug-likeness (QED) is 0.512.